The zero-order chi connectivity index (χ0) is 15.5. The van der Waals surface area contributed by atoms with E-state index >= 15 is 0 Å². The number of nitrogens with zero attached hydrogens (tertiary/aromatic N) is 1. The maximum atomic E-state index is 13.0. The first-order valence-corrected chi connectivity index (χ1v) is 10.1. The first-order chi connectivity index (χ1) is 9.93. The molecule has 1 aliphatic rings. The van der Waals surface area contributed by atoms with Gasteiger partial charge >= 0.3 is 0 Å². The Kier molecular flexibility index (Phi) is 5.82. The molecule has 21 heavy (non-hydrogen) atoms. The van der Waals surface area contributed by atoms with Gasteiger partial charge in [-0.1, -0.05) is 26.7 Å². The molecule has 2 rings (SSSR count). The monoisotopic (exact) mass is 330 g/mol. The third kappa shape index (κ3) is 4.06. The Morgan fingerprint density at radius 2 is 2.14 bits per heavy atom. The number of thiophene rings is 1. The average Bonchev–Trinajstić information content (AvgIpc) is 2.78. The van der Waals surface area contributed by atoms with Crippen LogP contribution < -0.4 is 5.32 Å². The van der Waals surface area contributed by atoms with Crippen LogP contribution in [0.3, 0.4) is 0 Å². The summed E-state index contributed by atoms with van der Waals surface area (Å²) in [7, 11) is -3.37. The van der Waals surface area contributed by atoms with Crippen molar-refractivity contribution in [3.8, 4) is 0 Å². The molecular weight excluding hydrogens is 304 g/mol. The molecule has 1 aromatic heterocycles. The van der Waals surface area contributed by atoms with Gasteiger partial charge in [0.25, 0.3) is 0 Å². The number of sulfonamides is 1. The SMILES string of the molecule is CC(C)NCc1sccc1S(=O)(=O)N1CCCCCC1C. The molecule has 1 aromatic rings. The minimum Gasteiger partial charge on any atom is -0.310 e. The highest BCUT2D eigenvalue weighted by molar-refractivity contribution is 7.89. The van der Waals surface area contributed by atoms with E-state index < -0.39 is 10.0 Å². The molecule has 1 unspecified atom stereocenters. The molecule has 1 atom stereocenters. The fourth-order valence-corrected chi connectivity index (χ4v) is 5.78. The number of rotatable bonds is 5. The lowest BCUT2D eigenvalue weighted by Gasteiger charge is -2.26. The normalized spacial score (nSPS) is 21.6. The molecule has 1 saturated heterocycles. The Hall–Kier alpha value is -0.430. The molecule has 0 amide bonds. The Morgan fingerprint density at radius 3 is 2.86 bits per heavy atom. The van der Waals surface area contributed by atoms with Crippen LogP contribution >= 0.6 is 11.3 Å². The van der Waals surface area contributed by atoms with E-state index in [1.807, 2.05) is 12.3 Å². The Bertz CT molecular complexity index is 552. The largest absolute Gasteiger partial charge is 0.310 e. The zero-order valence-corrected chi connectivity index (χ0v) is 14.8. The zero-order valence-electron chi connectivity index (χ0n) is 13.1. The Morgan fingerprint density at radius 1 is 1.38 bits per heavy atom. The molecule has 4 nitrogen and oxygen atoms in total. The van der Waals surface area contributed by atoms with Gasteiger partial charge in [0.05, 0.1) is 4.90 Å². The van der Waals surface area contributed by atoms with Crippen LogP contribution in [0.2, 0.25) is 0 Å². The molecule has 120 valence electrons. The summed E-state index contributed by atoms with van der Waals surface area (Å²) in [6, 6.07) is 2.21. The summed E-state index contributed by atoms with van der Waals surface area (Å²) in [4.78, 5) is 1.41. The minimum absolute atomic E-state index is 0.100. The predicted molar refractivity (Wildman–Crippen MR) is 88.1 cm³/mol. The highest BCUT2D eigenvalue weighted by Crippen LogP contribution is 2.29. The lowest BCUT2D eigenvalue weighted by atomic mass is 10.1. The third-order valence-electron chi connectivity index (χ3n) is 3.95. The molecular formula is C15H26N2O2S2. The molecule has 0 spiro atoms. The van der Waals surface area contributed by atoms with E-state index in [4.69, 9.17) is 0 Å². The molecule has 0 saturated carbocycles. The average molecular weight is 331 g/mol. The van der Waals surface area contributed by atoms with Gasteiger partial charge in [0.1, 0.15) is 0 Å². The summed E-state index contributed by atoms with van der Waals surface area (Å²) in [5.41, 5.74) is 0. The maximum absolute atomic E-state index is 13.0. The predicted octanol–water partition coefficient (Wildman–Crippen LogP) is 3.20. The fraction of sp³-hybridized carbons (Fsp3) is 0.733. The molecule has 0 aliphatic carbocycles. The van der Waals surface area contributed by atoms with Crippen molar-refractivity contribution >= 4 is 21.4 Å². The third-order valence-corrected chi connectivity index (χ3v) is 7.10. The standard InChI is InChI=1S/C15H26N2O2S2/c1-12(2)16-11-14-15(8-10-20-14)21(18,19)17-9-6-4-5-7-13(17)3/h8,10,12-13,16H,4-7,9,11H2,1-3H3. The highest BCUT2D eigenvalue weighted by Gasteiger charge is 2.32. The number of hydrogen-bond acceptors (Lipinski definition) is 4. The highest BCUT2D eigenvalue weighted by atomic mass is 32.2. The van der Waals surface area contributed by atoms with E-state index in [9.17, 15) is 8.42 Å². The van der Waals surface area contributed by atoms with Gasteiger partial charge in [-0.05, 0) is 31.2 Å². The number of hydrogen-bond donors (Lipinski definition) is 1. The van der Waals surface area contributed by atoms with Crippen LogP contribution in [-0.2, 0) is 16.6 Å². The minimum atomic E-state index is -3.37. The van der Waals surface area contributed by atoms with E-state index in [1.54, 1.807) is 10.4 Å². The molecule has 0 bridgehead atoms. The van der Waals surface area contributed by atoms with Gasteiger partial charge in [-0.3, -0.25) is 0 Å². The van der Waals surface area contributed by atoms with Crippen molar-refractivity contribution < 1.29 is 8.42 Å². The second-order valence-corrected chi connectivity index (χ2v) is 8.92. The first kappa shape index (κ1) is 16.9. The van der Waals surface area contributed by atoms with Crippen molar-refractivity contribution in [3.63, 3.8) is 0 Å². The van der Waals surface area contributed by atoms with E-state index in [2.05, 4.69) is 19.2 Å². The van der Waals surface area contributed by atoms with Crippen LogP contribution in [-0.4, -0.2) is 31.4 Å². The quantitative estimate of drug-likeness (QED) is 0.902. The van der Waals surface area contributed by atoms with Crippen molar-refractivity contribution in [3.05, 3.63) is 16.3 Å². The van der Waals surface area contributed by atoms with Gasteiger partial charge in [-0.25, -0.2) is 8.42 Å². The Labute approximate surface area is 132 Å². The van der Waals surface area contributed by atoms with Gasteiger partial charge in [0, 0.05) is 30.1 Å². The summed E-state index contributed by atoms with van der Waals surface area (Å²) < 4.78 is 27.7. The van der Waals surface area contributed by atoms with Crippen LogP contribution in [0.5, 0.6) is 0 Å². The molecule has 0 aromatic carbocycles. The molecule has 1 aliphatic heterocycles. The fourth-order valence-electron chi connectivity index (χ4n) is 2.72. The maximum Gasteiger partial charge on any atom is 0.244 e. The topological polar surface area (TPSA) is 49.4 Å². The number of nitrogens with one attached hydrogen (secondary N) is 1. The van der Waals surface area contributed by atoms with E-state index in [-0.39, 0.29) is 6.04 Å². The summed E-state index contributed by atoms with van der Waals surface area (Å²) in [6.45, 7) is 7.43. The van der Waals surface area contributed by atoms with Gasteiger partial charge in [0.2, 0.25) is 10.0 Å². The molecule has 2 heterocycles. The first-order valence-electron chi connectivity index (χ1n) is 7.74. The van der Waals surface area contributed by atoms with Crippen LogP contribution in [0.15, 0.2) is 16.3 Å². The Balaban J connectivity index is 2.24. The summed E-state index contributed by atoms with van der Waals surface area (Å²) in [5, 5.41) is 5.20. The van der Waals surface area contributed by atoms with Gasteiger partial charge in [-0.15, -0.1) is 11.3 Å². The van der Waals surface area contributed by atoms with Crippen molar-refractivity contribution in [1.82, 2.24) is 9.62 Å². The smallest absolute Gasteiger partial charge is 0.244 e. The van der Waals surface area contributed by atoms with Crippen molar-refractivity contribution in [2.45, 2.75) is 70.0 Å². The molecule has 1 N–H and O–H groups in total. The summed E-state index contributed by atoms with van der Waals surface area (Å²) >= 11 is 1.52. The van der Waals surface area contributed by atoms with Crippen LogP contribution in [0, 0.1) is 0 Å². The van der Waals surface area contributed by atoms with Gasteiger partial charge < -0.3 is 5.32 Å². The van der Waals surface area contributed by atoms with E-state index in [0.29, 0.717) is 24.0 Å². The second-order valence-electron chi connectivity index (χ2n) is 6.06. The molecule has 0 radical (unpaired) electrons. The van der Waals surface area contributed by atoms with Gasteiger partial charge in [0.15, 0.2) is 0 Å². The lowest BCUT2D eigenvalue weighted by Crippen LogP contribution is -2.38. The lowest BCUT2D eigenvalue weighted by molar-refractivity contribution is 0.342. The van der Waals surface area contributed by atoms with Crippen LogP contribution in [0.25, 0.3) is 0 Å². The molecule has 6 heteroatoms. The van der Waals surface area contributed by atoms with Crippen molar-refractivity contribution in [2.24, 2.45) is 0 Å². The van der Waals surface area contributed by atoms with Crippen LogP contribution in [0.1, 0.15) is 51.3 Å². The van der Waals surface area contributed by atoms with Gasteiger partial charge in [-0.2, -0.15) is 4.31 Å². The van der Waals surface area contributed by atoms with Crippen molar-refractivity contribution in [1.29, 1.82) is 0 Å². The second kappa shape index (κ2) is 7.22. The summed E-state index contributed by atoms with van der Waals surface area (Å²) in [6.07, 6.45) is 4.18. The van der Waals surface area contributed by atoms with E-state index in [1.165, 1.54) is 11.3 Å². The van der Waals surface area contributed by atoms with Crippen LogP contribution in [0.4, 0.5) is 0 Å². The van der Waals surface area contributed by atoms with E-state index in [0.717, 1.165) is 30.6 Å². The van der Waals surface area contributed by atoms with Crippen molar-refractivity contribution in [2.75, 3.05) is 6.54 Å². The summed E-state index contributed by atoms with van der Waals surface area (Å²) in [5.74, 6) is 0. The molecule has 1 fully saturated rings.